The van der Waals surface area contributed by atoms with Crippen molar-refractivity contribution in [1.29, 1.82) is 0 Å². The second-order valence-electron chi connectivity index (χ2n) is 5.78. The van der Waals surface area contributed by atoms with E-state index in [1.54, 1.807) is 18.2 Å². The van der Waals surface area contributed by atoms with Crippen LogP contribution in [0.3, 0.4) is 0 Å². The van der Waals surface area contributed by atoms with Crippen molar-refractivity contribution in [2.45, 2.75) is 13.0 Å². The van der Waals surface area contributed by atoms with Gasteiger partial charge in [0, 0.05) is 24.1 Å². The Morgan fingerprint density at radius 1 is 1.08 bits per heavy atom. The molecular weight excluding hydrogens is 304 g/mol. The summed E-state index contributed by atoms with van der Waals surface area (Å²) in [6, 6.07) is 13.5. The number of carbonyl (C=O) groups excluding carboxylic acids is 1. The van der Waals surface area contributed by atoms with E-state index < -0.39 is 0 Å². The standard InChI is InChI=1S/C19H18N2O3/c22-16(13-5-6-17-18(11-13)24-10-9-23-17)7-8-20-19-15-4-2-1-3-14(15)12-21-19/h1-6,11H,7-10,12H2,(H,20,21). The van der Waals surface area contributed by atoms with Gasteiger partial charge in [0.15, 0.2) is 17.3 Å². The third kappa shape index (κ3) is 2.85. The molecule has 1 N–H and O–H groups in total. The lowest BCUT2D eigenvalue weighted by atomic mass is 10.1. The molecule has 5 nitrogen and oxygen atoms in total. The van der Waals surface area contributed by atoms with Gasteiger partial charge in [0.05, 0.1) is 6.54 Å². The monoisotopic (exact) mass is 322 g/mol. The van der Waals surface area contributed by atoms with E-state index in [0.717, 1.165) is 11.4 Å². The molecule has 0 spiro atoms. The maximum atomic E-state index is 12.4. The molecule has 2 aliphatic rings. The average molecular weight is 322 g/mol. The lowest BCUT2D eigenvalue weighted by molar-refractivity contribution is 0.0983. The number of fused-ring (bicyclic) bond motifs is 2. The summed E-state index contributed by atoms with van der Waals surface area (Å²) in [7, 11) is 0. The molecule has 0 atom stereocenters. The van der Waals surface area contributed by atoms with Gasteiger partial charge >= 0.3 is 0 Å². The minimum absolute atomic E-state index is 0.0753. The molecule has 0 saturated carbocycles. The van der Waals surface area contributed by atoms with E-state index >= 15 is 0 Å². The van der Waals surface area contributed by atoms with Gasteiger partial charge in [-0.25, -0.2) is 0 Å². The van der Waals surface area contributed by atoms with Crippen LogP contribution < -0.4 is 14.8 Å². The largest absolute Gasteiger partial charge is 0.486 e. The highest BCUT2D eigenvalue weighted by Gasteiger charge is 2.17. The van der Waals surface area contributed by atoms with Gasteiger partial charge in [-0.1, -0.05) is 24.3 Å². The Balaban J connectivity index is 1.36. The average Bonchev–Trinajstić information content (AvgIpc) is 3.04. The molecule has 5 heteroatoms. The van der Waals surface area contributed by atoms with Gasteiger partial charge < -0.3 is 14.8 Å². The third-order valence-corrected chi connectivity index (χ3v) is 4.19. The van der Waals surface area contributed by atoms with Gasteiger partial charge in [0.1, 0.15) is 19.0 Å². The van der Waals surface area contributed by atoms with Crippen molar-refractivity contribution >= 4 is 11.6 Å². The molecule has 2 aromatic rings. The van der Waals surface area contributed by atoms with Crippen LogP contribution in [0.2, 0.25) is 0 Å². The van der Waals surface area contributed by atoms with Crippen molar-refractivity contribution in [2.75, 3.05) is 19.8 Å². The lowest BCUT2D eigenvalue weighted by Gasteiger charge is -2.18. The Hall–Kier alpha value is -2.82. The van der Waals surface area contributed by atoms with Gasteiger partial charge in [0.2, 0.25) is 0 Å². The summed E-state index contributed by atoms with van der Waals surface area (Å²) >= 11 is 0. The van der Waals surface area contributed by atoms with Crippen LogP contribution in [0.4, 0.5) is 0 Å². The lowest BCUT2D eigenvalue weighted by Crippen LogP contribution is -2.26. The van der Waals surface area contributed by atoms with Crippen molar-refractivity contribution < 1.29 is 14.3 Å². The SMILES string of the molecule is O=C(CCNC1=NCc2ccccc21)c1ccc2c(c1)OCCO2. The zero-order valence-corrected chi connectivity index (χ0v) is 13.2. The highest BCUT2D eigenvalue weighted by atomic mass is 16.6. The highest BCUT2D eigenvalue weighted by molar-refractivity contribution is 6.02. The van der Waals surface area contributed by atoms with Gasteiger partial charge in [-0.15, -0.1) is 0 Å². The van der Waals surface area contributed by atoms with Gasteiger partial charge in [0.25, 0.3) is 0 Å². The number of benzene rings is 2. The van der Waals surface area contributed by atoms with Gasteiger partial charge in [-0.3, -0.25) is 9.79 Å². The summed E-state index contributed by atoms with van der Waals surface area (Å²) in [6.45, 7) is 2.33. The number of Topliss-reactive ketones (excluding diaryl/α,β-unsaturated/α-hetero) is 1. The maximum Gasteiger partial charge on any atom is 0.164 e. The van der Waals surface area contributed by atoms with Gasteiger partial charge in [-0.05, 0) is 23.8 Å². The maximum absolute atomic E-state index is 12.4. The van der Waals surface area contributed by atoms with Crippen LogP contribution in [0, 0.1) is 0 Å². The number of ether oxygens (including phenoxy) is 2. The van der Waals surface area contributed by atoms with Crippen LogP contribution in [-0.2, 0) is 6.54 Å². The Morgan fingerprint density at radius 3 is 2.83 bits per heavy atom. The van der Waals surface area contributed by atoms with Crippen molar-refractivity contribution in [3.05, 3.63) is 59.2 Å². The van der Waals surface area contributed by atoms with E-state index in [2.05, 4.69) is 22.4 Å². The second-order valence-corrected chi connectivity index (χ2v) is 5.78. The van der Waals surface area contributed by atoms with E-state index in [9.17, 15) is 4.79 Å². The second kappa shape index (κ2) is 6.35. The number of rotatable bonds is 4. The molecule has 122 valence electrons. The zero-order chi connectivity index (χ0) is 16.4. The van der Waals surface area contributed by atoms with E-state index in [1.165, 1.54) is 5.56 Å². The number of nitrogens with one attached hydrogen (secondary N) is 1. The van der Waals surface area contributed by atoms with E-state index in [4.69, 9.17) is 9.47 Å². The van der Waals surface area contributed by atoms with Gasteiger partial charge in [-0.2, -0.15) is 0 Å². The summed E-state index contributed by atoms with van der Waals surface area (Å²) < 4.78 is 11.0. The summed E-state index contributed by atoms with van der Waals surface area (Å²) in [4.78, 5) is 16.9. The molecule has 0 radical (unpaired) electrons. The molecule has 4 rings (SSSR count). The first-order valence-electron chi connectivity index (χ1n) is 8.11. The number of nitrogens with zero attached hydrogens (tertiary/aromatic N) is 1. The Bertz CT molecular complexity index is 814. The Morgan fingerprint density at radius 2 is 1.92 bits per heavy atom. The van der Waals surface area contributed by atoms with Crippen LogP contribution in [0.15, 0.2) is 47.5 Å². The van der Waals surface area contributed by atoms with Crippen molar-refractivity contribution in [1.82, 2.24) is 5.32 Å². The normalized spacial score (nSPS) is 14.8. The molecule has 0 unspecified atom stereocenters. The van der Waals surface area contributed by atoms with Crippen LogP contribution in [0.25, 0.3) is 0 Å². The first kappa shape index (κ1) is 14.8. The quantitative estimate of drug-likeness (QED) is 0.879. The summed E-state index contributed by atoms with van der Waals surface area (Å²) in [5.74, 6) is 2.30. The fraction of sp³-hybridized carbons (Fsp3) is 0.263. The molecule has 0 saturated heterocycles. The number of carbonyl (C=O) groups is 1. The van der Waals surface area contributed by atoms with E-state index in [-0.39, 0.29) is 5.78 Å². The molecule has 0 fully saturated rings. The van der Waals surface area contributed by atoms with Crippen molar-refractivity contribution in [3.63, 3.8) is 0 Å². The molecule has 0 aliphatic carbocycles. The molecule has 24 heavy (non-hydrogen) atoms. The highest BCUT2D eigenvalue weighted by Crippen LogP contribution is 2.31. The smallest absolute Gasteiger partial charge is 0.164 e. The molecule has 0 bridgehead atoms. The number of hydrogen-bond acceptors (Lipinski definition) is 5. The predicted octanol–water partition coefficient (Wildman–Crippen LogP) is 2.58. The zero-order valence-electron chi connectivity index (χ0n) is 13.2. The van der Waals surface area contributed by atoms with Crippen LogP contribution in [0.1, 0.15) is 27.9 Å². The molecule has 2 aromatic carbocycles. The Labute approximate surface area is 140 Å². The van der Waals surface area contributed by atoms with E-state index in [1.807, 2.05) is 12.1 Å². The number of ketones is 1. The first-order valence-corrected chi connectivity index (χ1v) is 8.11. The summed E-state index contributed by atoms with van der Waals surface area (Å²) in [5, 5.41) is 3.27. The predicted molar refractivity (Wildman–Crippen MR) is 91.1 cm³/mol. The fourth-order valence-corrected chi connectivity index (χ4v) is 2.95. The molecule has 0 aromatic heterocycles. The number of aliphatic imine (C=N–C) groups is 1. The molecule has 2 heterocycles. The topological polar surface area (TPSA) is 59.9 Å². The van der Waals surface area contributed by atoms with Crippen LogP contribution in [-0.4, -0.2) is 31.4 Å². The third-order valence-electron chi connectivity index (χ3n) is 4.19. The minimum atomic E-state index is 0.0753. The molecule has 0 amide bonds. The van der Waals surface area contributed by atoms with Crippen LogP contribution in [0.5, 0.6) is 11.5 Å². The van der Waals surface area contributed by atoms with E-state index in [0.29, 0.717) is 49.8 Å². The van der Waals surface area contributed by atoms with Crippen molar-refractivity contribution in [2.24, 2.45) is 4.99 Å². The molecular formula is C19H18N2O3. The number of amidine groups is 1. The van der Waals surface area contributed by atoms with Crippen LogP contribution >= 0.6 is 0 Å². The number of hydrogen-bond donors (Lipinski definition) is 1. The minimum Gasteiger partial charge on any atom is -0.486 e. The van der Waals surface area contributed by atoms with Crippen molar-refractivity contribution in [3.8, 4) is 11.5 Å². The summed E-state index contributed by atoms with van der Waals surface area (Å²) in [6.07, 6.45) is 0.404. The Kier molecular flexibility index (Phi) is 3.91. The summed E-state index contributed by atoms with van der Waals surface area (Å²) in [5.41, 5.74) is 3.00. The first-order chi connectivity index (χ1) is 11.8. The fourth-order valence-electron chi connectivity index (χ4n) is 2.95. The molecule has 2 aliphatic heterocycles.